The minimum absolute atomic E-state index is 0.205. The summed E-state index contributed by atoms with van der Waals surface area (Å²) in [6, 6.07) is 5.12. The maximum Gasteiger partial charge on any atom is 0.410 e. The number of hydrogen-bond acceptors (Lipinski definition) is 4. The highest BCUT2D eigenvalue weighted by Crippen LogP contribution is 2.22. The molecule has 1 heterocycles. The van der Waals surface area contributed by atoms with Crippen molar-refractivity contribution in [3.63, 3.8) is 0 Å². The minimum atomic E-state index is -3.54. The van der Waals surface area contributed by atoms with Crippen molar-refractivity contribution >= 4 is 32.0 Å². The second-order valence-corrected chi connectivity index (χ2v) is 10.4. The zero-order valence-corrected chi connectivity index (χ0v) is 18.1. The van der Waals surface area contributed by atoms with Gasteiger partial charge in [-0.25, -0.2) is 17.9 Å². The molecule has 0 bridgehead atoms. The molecular formula is C18H27BrN2O4S. The Morgan fingerprint density at radius 1 is 1.27 bits per heavy atom. The Labute approximate surface area is 164 Å². The van der Waals surface area contributed by atoms with Crippen LogP contribution in [0.25, 0.3) is 0 Å². The van der Waals surface area contributed by atoms with Gasteiger partial charge in [-0.3, -0.25) is 0 Å². The zero-order valence-electron chi connectivity index (χ0n) is 15.7. The molecule has 1 amide bonds. The number of likely N-dealkylation sites (tertiary alicyclic amines) is 1. The number of halogens is 1. The van der Waals surface area contributed by atoms with Crippen molar-refractivity contribution < 1.29 is 17.9 Å². The first-order valence-electron chi connectivity index (χ1n) is 8.71. The standard InChI is InChI=1S/C18H27BrN2O4S/c1-13-9-15(19)11-16(10-13)26(23,24)20-12-14-5-7-21(8-6-14)17(22)25-18(2,3)4/h9-11,14,20H,5-8,12H2,1-4H3. The third-order valence-corrected chi connectivity index (χ3v) is 6.02. The van der Waals surface area contributed by atoms with E-state index in [1.807, 2.05) is 33.8 Å². The molecule has 1 fully saturated rings. The van der Waals surface area contributed by atoms with E-state index >= 15 is 0 Å². The maximum atomic E-state index is 12.5. The second-order valence-electron chi connectivity index (χ2n) is 7.73. The van der Waals surface area contributed by atoms with Crippen molar-refractivity contribution in [1.29, 1.82) is 0 Å². The largest absolute Gasteiger partial charge is 0.444 e. The van der Waals surface area contributed by atoms with Gasteiger partial charge in [0.15, 0.2) is 0 Å². The van der Waals surface area contributed by atoms with E-state index in [0.29, 0.717) is 19.6 Å². The molecule has 1 aromatic carbocycles. The van der Waals surface area contributed by atoms with Gasteiger partial charge >= 0.3 is 6.09 Å². The number of nitrogens with one attached hydrogen (secondary N) is 1. The summed E-state index contributed by atoms with van der Waals surface area (Å²) >= 11 is 3.33. The van der Waals surface area contributed by atoms with Crippen LogP contribution in [0.4, 0.5) is 4.79 Å². The van der Waals surface area contributed by atoms with Crippen molar-refractivity contribution in [2.24, 2.45) is 5.92 Å². The lowest BCUT2D eigenvalue weighted by Gasteiger charge is -2.33. The molecule has 1 N–H and O–H groups in total. The van der Waals surface area contributed by atoms with Gasteiger partial charge in [-0.15, -0.1) is 0 Å². The van der Waals surface area contributed by atoms with Crippen molar-refractivity contribution in [2.75, 3.05) is 19.6 Å². The molecule has 6 nitrogen and oxygen atoms in total. The van der Waals surface area contributed by atoms with Gasteiger partial charge in [0.1, 0.15) is 5.60 Å². The highest BCUT2D eigenvalue weighted by Gasteiger charge is 2.27. The lowest BCUT2D eigenvalue weighted by atomic mass is 9.97. The first-order chi connectivity index (χ1) is 12.0. The van der Waals surface area contributed by atoms with E-state index in [4.69, 9.17) is 4.74 Å². The SMILES string of the molecule is Cc1cc(Br)cc(S(=O)(=O)NCC2CCN(C(=O)OC(C)(C)C)CC2)c1. The van der Waals surface area contributed by atoms with Gasteiger partial charge in [-0.1, -0.05) is 15.9 Å². The molecule has 8 heteroatoms. The number of benzene rings is 1. The molecule has 0 saturated carbocycles. The molecule has 0 aromatic heterocycles. The summed E-state index contributed by atoms with van der Waals surface area (Å²) in [5.74, 6) is 0.205. The van der Waals surface area contributed by atoms with Crippen LogP contribution in [0.15, 0.2) is 27.6 Å². The molecule has 0 atom stereocenters. The molecule has 2 rings (SSSR count). The molecule has 0 radical (unpaired) electrons. The Kier molecular flexibility index (Phi) is 6.74. The average molecular weight is 447 g/mol. The number of amides is 1. The monoisotopic (exact) mass is 446 g/mol. The fraction of sp³-hybridized carbons (Fsp3) is 0.611. The molecule has 1 aromatic rings. The molecule has 26 heavy (non-hydrogen) atoms. The lowest BCUT2D eigenvalue weighted by Crippen LogP contribution is -2.43. The van der Waals surface area contributed by atoms with Crippen molar-refractivity contribution in [1.82, 2.24) is 9.62 Å². The predicted molar refractivity (Wildman–Crippen MR) is 105 cm³/mol. The Morgan fingerprint density at radius 3 is 2.42 bits per heavy atom. The van der Waals surface area contributed by atoms with Crippen LogP contribution in [0, 0.1) is 12.8 Å². The molecule has 1 aliphatic heterocycles. The Bertz CT molecular complexity index is 731. The second kappa shape index (κ2) is 8.27. The quantitative estimate of drug-likeness (QED) is 0.764. The molecule has 0 spiro atoms. The number of hydrogen-bond donors (Lipinski definition) is 1. The average Bonchev–Trinajstić information content (AvgIpc) is 2.51. The number of carbonyl (C=O) groups is 1. The van der Waals surface area contributed by atoms with E-state index in [1.54, 1.807) is 17.0 Å². The summed E-state index contributed by atoms with van der Waals surface area (Å²) in [4.78, 5) is 14.0. The summed E-state index contributed by atoms with van der Waals surface area (Å²) in [6.07, 6.45) is 1.19. The van der Waals surface area contributed by atoms with Gasteiger partial charge in [-0.2, -0.15) is 0 Å². The third-order valence-electron chi connectivity index (χ3n) is 4.15. The number of sulfonamides is 1. The summed E-state index contributed by atoms with van der Waals surface area (Å²) in [5, 5.41) is 0. The summed E-state index contributed by atoms with van der Waals surface area (Å²) in [7, 11) is -3.54. The van der Waals surface area contributed by atoms with E-state index in [1.165, 1.54) is 0 Å². The molecule has 1 saturated heterocycles. The van der Waals surface area contributed by atoms with Crippen LogP contribution < -0.4 is 4.72 Å². The van der Waals surface area contributed by atoms with E-state index < -0.39 is 15.6 Å². The number of nitrogens with zero attached hydrogens (tertiary/aromatic N) is 1. The Hall–Kier alpha value is -1.12. The summed E-state index contributed by atoms with van der Waals surface area (Å²) in [6.45, 7) is 8.92. The van der Waals surface area contributed by atoms with Crippen LogP contribution in [0.3, 0.4) is 0 Å². The number of rotatable bonds is 4. The predicted octanol–water partition coefficient (Wildman–Crippen LogP) is 3.68. The van der Waals surface area contributed by atoms with E-state index in [0.717, 1.165) is 22.9 Å². The van der Waals surface area contributed by atoms with Gasteiger partial charge in [0.2, 0.25) is 10.0 Å². The van der Waals surface area contributed by atoms with Crippen LogP contribution in [0.5, 0.6) is 0 Å². The van der Waals surface area contributed by atoms with Crippen molar-refractivity contribution in [3.05, 3.63) is 28.2 Å². The van der Waals surface area contributed by atoms with Crippen molar-refractivity contribution in [2.45, 2.75) is 51.0 Å². The molecule has 0 aliphatic carbocycles. The minimum Gasteiger partial charge on any atom is -0.444 e. The summed E-state index contributed by atoms with van der Waals surface area (Å²) in [5.41, 5.74) is 0.372. The van der Waals surface area contributed by atoms with Crippen LogP contribution >= 0.6 is 15.9 Å². The van der Waals surface area contributed by atoms with E-state index in [-0.39, 0.29) is 16.9 Å². The van der Waals surface area contributed by atoms with E-state index in [2.05, 4.69) is 20.7 Å². The zero-order chi connectivity index (χ0) is 19.5. The first kappa shape index (κ1) is 21.2. The van der Waals surface area contributed by atoms with Crippen LogP contribution in [-0.2, 0) is 14.8 Å². The first-order valence-corrected chi connectivity index (χ1v) is 11.0. The number of carbonyl (C=O) groups excluding carboxylic acids is 1. The smallest absolute Gasteiger partial charge is 0.410 e. The lowest BCUT2D eigenvalue weighted by molar-refractivity contribution is 0.0185. The Morgan fingerprint density at radius 2 is 1.88 bits per heavy atom. The van der Waals surface area contributed by atoms with Gasteiger partial charge in [0.25, 0.3) is 0 Å². The van der Waals surface area contributed by atoms with Crippen LogP contribution in [0.1, 0.15) is 39.2 Å². The highest BCUT2D eigenvalue weighted by molar-refractivity contribution is 9.10. The van der Waals surface area contributed by atoms with Gasteiger partial charge < -0.3 is 9.64 Å². The normalized spacial score (nSPS) is 16.6. The molecule has 146 valence electrons. The number of piperidine rings is 1. The third kappa shape index (κ3) is 6.25. The highest BCUT2D eigenvalue weighted by atomic mass is 79.9. The topological polar surface area (TPSA) is 75.7 Å². The van der Waals surface area contributed by atoms with E-state index in [9.17, 15) is 13.2 Å². The van der Waals surface area contributed by atoms with Crippen LogP contribution in [0.2, 0.25) is 0 Å². The maximum absolute atomic E-state index is 12.5. The van der Waals surface area contributed by atoms with Crippen LogP contribution in [-0.4, -0.2) is 44.6 Å². The molecule has 0 unspecified atom stereocenters. The van der Waals surface area contributed by atoms with Gasteiger partial charge in [0.05, 0.1) is 4.90 Å². The molecule has 1 aliphatic rings. The number of ether oxygens (including phenoxy) is 1. The van der Waals surface area contributed by atoms with Crippen molar-refractivity contribution in [3.8, 4) is 0 Å². The number of aryl methyl sites for hydroxylation is 1. The fourth-order valence-corrected chi connectivity index (χ4v) is 4.82. The summed E-state index contributed by atoms with van der Waals surface area (Å²) < 4.78 is 33.8. The van der Waals surface area contributed by atoms with Gasteiger partial charge in [-0.05, 0) is 70.2 Å². The fourth-order valence-electron chi connectivity index (χ4n) is 2.81. The Balaban J connectivity index is 1.87. The molecular weight excluding hydrogens is 420 g/mol. The van der Waals surface area contributed by atoms with Gasteiger partial charge in [0, 0.05) is 24.1 Å².